The summed E-state index contributed by atoms with van der Waals surface area (Å²) >= 11 is 0. The van der Waals surface area contributed by atoms with E-state index in [4.69, 9.17) is 16.0 Å². The molecule has 1 aromatic carbocycles. The van der Waals surface area contributed by atoms with Gasteiger partial charge < -0.3 is 25.2 Å². The monoisotopic (exact) mass is 509 g/mol. The van der Waals surface area contributed by atoms with Crippen LogP contribution in [0.2, 0.25) is 0 Å². The molecular formula is C26H35N7O4. The van der Waals surface area contributed by atoms with Crippen molar-refractivity contribution in [2.24, 2.45) is 16.8 Å². The topological polar surface area (TPSA) is 145 Å². The maximum atomic E-state index is 14.3. The molecule has 3 saturated heterocycles. The van der Waals surface area contributed by atoms with Gasteiger partial charge in [-0.3, -0.25) is 14.4 Å². The molecule has 198 valence electrons. The molecule has 0 radical (unpaired) electrons. The van der Waals surface area contributed by atoms with Gasteiger partial charge in [0.2, 0.25) is 11.8 Å². The maximum absolute atomic E-state index is 14.3. The normalized spacial score (nSPS) is 27.3. The third-order valence-electron chi connectivity index (χ3n) is 8.60. The van der Waals surface area contributed by atoms with Crippen LogP contribution in [0.4, 0.5) is 5.69 Å². The van der Waals surface area contributed by atoms with Crippen molar-refractivity contribution in [2.75, 3.05) is 50.8 Å². The molecule has 4 atom stereocenters. The lowest BCUT2D eigenvalue weighted by Crippen LogP contribution is -2.46. The number of fused-ring (bicyclic) bond motifs is 1. The van der Waals surface area contributed by atoms with Gasteiger partial charge in [0.1, 0.15) is 12.6 Å². The van der Waals surface area contributed by atoms with Gasteiger partial charge in [0.05, 0.1) is 18.1 Å². The summed E-state index contributed by atoms with van der Waals surface area (Å²) in [6, 6.07) is 4.24. The van der Waals surface area contributed by atoms with Crippen LogP contribution >= 0.6 is 0 Å². The van der Waals surface area contributed by atoms with Crippen LogP contribution < -0.4 is 10.6 Å². The van der Waals surface area contributed by atoms with E-state index in [1.165, 1.54) is 0 Å². The van der Waals surface area contributed by atoms with E-state index >= 15 is 0 Å². The average molecular weight is 510 g/mol. The third-order valence-corrected chi connectivity index (χ3v) is 8.60. The minimum Gasteiger partial charge on any atom is -0.369 e. The first-order chi connectivity index (χ1) is 17.9. The molecule has 3 heterocycles. The molecule has 0 unspecified atom stereocenters. The number of azide groups is 1. The van der Waals surface area contributed by atoms with Crippen LogP contribution in [0.3, 0.4) is 0 Å². The van der Waals surface area contributed by atoms with Crippen molar-refractivity contribution in [3.05, 3.63) is 39.8 Å². The van der Waals surface area contributed by atoms with Crippen LogP contribution in [0, 0.1) is 5.92 Å². The van der Waals surface area contributed by atoms with Crippen molar-refractivity contribution < 1.29 is 19.1 Å². The van der Waals surface area contributed by atoms with Crippen LogP contribution in [-0.4, -0.2) is 91.5 Å². The number of Topliss-reactive ketones (excluding diaryl/α,β-unsaturated/α-hetero) is 1. The Kier molecular flexibility index (Phi) is 7.37. The Morgan fingerprint density at radius 2 is 1.95 bits per heavy atom. The van der Waals surface area contributed by atoms with Crippen LogP contribution in [0.5, 0.6) is 0 Å². The first-order valence-corrected chi connectivity index (χ1v) is 13.3. The Morgan fingerprint density at radius 3 is 2.59 bits per heavy atom. The second-order valence-electron chi connectivity index (χ2n) is 10.5. The molecule has 37 heavy (non-hydrogen) atoms. The molecule has 1 aliphatic carbocycles. The molecule has 2 amide bonds. The third kappa shape index (κ3) is 4.79. The number of amides is 2. The van der Waals surface area contributed by atoms with E-state index < -0.39 is 30.0 Å². The number of likely N-dealkylation sites (N-methyl/N-ethyl adjacent to an activating group) is 1. The first kappa shape index (κ1) is 25.5. The number of rotatable bonds is 7. The van der Waals surface area contributed by atoms with Crippen molar-refractivity contribution in [1.29, 1.82) is 0 Å². The highest BCUT2D eigenvalue weighted by molar-refractivity contribution is 5.99. The van der Waals surface area contributed by atoms with Gasteiger partial charge in [0, 0.05) is 48.9 Å². The summed E-state index contributed by atoms with van der Waals surface area (Å²) in [5, 5.41) is 3.82. The highest BCUT2D eigenvalue weighted by Crippen LogP contribution is 2.43. The minimum atomic E-state index is -0.769. The van der Waals surface area contributed by atoms with Crippen molar-refractivity contribution in [2.45, 2.75) is 56.7 Å². The van der Waals surface area contributed by atoms with E-state index in [1.54, 1.807) is 11.0 Å². The van der Waals surface area contributed by atoms with E-state index in [1.807, 2.05) is 12.1 Å². The molecule has 0 spiro atoms. The van der Waals surface area contributed by atoms with Crippen LogP contribution in [0.25, 0.3) is 10.4 Å². The molecule has 11 nitrogen and oxygen atoms in total. The summed E-state index contributed by atoms with van der Waals surface area (Å²) in [6.45, 7) is 6.82. The number of primary amides is 1. The van der Waals surface area contributed by atoms with E-state index in [-0.39, 0.29) is 30.8 Å². The zero-order valence-electron chi connectivity index (χ0n) is 21.3. The van der Waals surface area contributed by atoms with Gasteiger partial charge >= 0.3 is 0 Å². The molecule has 0 aromatic heterocycles. The summed E-state index contributed by atoms with van der Waals surface area (Å²) in [5.74, 6) is -1.55. The predicted molar refractivity (Wildman–Crippen MR) is 137 cm³/mol. The summed E-state index contributed by atoms with van der Waals surface area (Å²) in [4.78, 5) is 48.8. The Balaban J connectivity index is 1.53. The maximum Gasteiger partial charge on any atom is 0.249 e. The van der Waals surface area contributed by atoms with E-state index in [0.29, 0.717) is 11.1 Å². The van der Waals surface area contributed by atoms with Gasteiger partial charge in [-0.25, -0.2) is 0 Å². The van der Waals surface area contributed by atoms with Crippen molar-refractivity contribution in [1.82, 2.24) is 9.80 Å². The van der Waals surface area contributed by atoms with Gasteiger partial charge in [-0.15, -0.1) is 0 Å². The molecule has 1 saturated carbocycles. The lowest BCUT2D eigenvalue weighted by molar-refractivity contribution is -0.138. The zero-order chi connectivity index (χ0) is 26.1. The fourth-order valence-electron chi connectivity index (χ4n) is 6.63. The lowest BCUT2D eigenvalue weighted by Gasteiger charge is -2.36. The van der Waals surface area contributed by atoms with Gasteiger partial charge in [-0.2, -0.15) is 0 Å². The average Bonchev–Trinajstić information content (AvgIpc) is 3.64. The Morgan fingerprint density at radius 1 is 1.22 bits per heavy atom. The number of hydrogen-bond donors (Lipinski definition) is 1. The van der Waals surface area contributed by atoms with Crippen LogP contribution in [0.15, 0.2) is 23.3 Å². The zero-order valence-corrected chi connectivity index (χ0v) is 21.3. The van der Waals surface area contributed by atoms with Crippen molar-refractivity contribution in [3.63, 3.8) is 0 Å². The summed E-state index contributed by atoms with van der Waals surface area (Å²) in [6.07, 6.45) is 3.11. The summed E-state index contributed by atoms with van der Waals surface area (Å²) in [5.41, 5.74) is 16.8. The number of anilines is 1. The number of hydrogen-bond acceptors (Lipinski definition) is 7. The molecule has 5 rings (SSSR count). The SMILES string of the molecule is CCN1CCN(c2ccc(C(N)=O)c([C@@H](C(=O)N3C[C@@H](N=[N+]=[N-])[C@H]4OCC(=O)[C@H]43)C3CCCC3)c2)CC1. The predicted octanol–water partition coefficient (Wildman–Crippen LogP) is 2.06. The number of ether oxygens (including phenoxy) is 1. The highest BCUT2D eigenvalue weighted by atomic mass is 16.5. The molecular weight excluding hydrogens is 474 g/mol. The number of carbonyl (C=O) groups is 3. The Labute approximate surface area is 216 Å². The summed E-state index contributed by atoms with van der Waals surface area (Å²) < 4.78 is 5.63. The fourth-order valence-corrected chi connectivity index (χ4v) is 6.63. The standard InChI is InChI=1S/C26H35N7O4/c1-2-31-9-11-32(12-10-31)17-7-8-18(25(27)35)19(13-17)22(16-5-3-4-6-16)26(36)33-14-20(29-30-28)24-23(33)21(34)15-37-24/h7-8,13,16,20,22-24H,2-6,9-12,14-15H2,1H3,(H2,27,35)/t20-,22+,23-,24-/m1/s1. The van der Waals surface area contributed by atoms with Crippen molar-refractivity contribution >= 4 is 23.3 Å². The van der Waals surface area contributed by atoms with Crippen molar-refractivity contribution in [3.8, 4) is 0 Å². The number of likely N-dealkylation sites (tertiary alicyclic amines) is 1. The van der Waals surface area contributed by atoms with Gasteiger partial charge in [0.15, 0.2) is 5.78 Å². The van der Waals surface area contributed by atoms with Crippen LogP contribution in [0.1, 0.15) is 54.4 Å². The van der Waals surface area contributed by atoms with E-state index in [2.05, 4.69) is 26.7 Å². The molecule has 4 fully saturated rings. The van der Waals surface area contributed by atoms with Gasteiger partial charge in [-0.1, -0.05) is 24.9 Å². The fraction of sp³-hybridized carbons (Fsp3) is 0.654. The molecule has 0 bridgehead atoms. The number of piperazine rings is 1. The second-order valence-corrected chi connectivity index (χ2v) is 10.5. The minimum absolute atomic E-state index is 0.0344. The second kappa shape index (κ2) is 10.7. The molecule has 4 aliphatic rings. The number of benzene rings is 1. The van der Waals surface area contributed by atoms with Crippen LogP contribution in [-0.2, 0) is 14.3 Å². The smallest absolute Gasteiger partial charge is 0.249 e. The van der Waals surface area contributed by atoms with E-state index in [0.717, 1.165) is 64.1 Å². The largest absolute Gasteiger partial charge is 0.369 e. The Hall–Kier alpha value is -3.14. The van der Waals surface area contributed by atoms with Gasteiger partial charge in [0.25, 0.3) is 0 Å². The molecule has 11 heteroatoms. The van der Waals surface area contributed by atoms with E-state index in [9.17, 15) is 14.4 Å². The number of nitrogens with two attached hydrogens (primary N) is 1. The first-order valence-electron chi connectivity index (χ1n) is 13.3. The number of nitrogens with zero attached hydrogens (tertiary/aromatic N) is 6. The Bertz CT molecular complexity index is 1110. The molecule has 3 aliphatic heterocycles. The molecule has 2 N–H and O–H groups in total. The highest BCUT2D eigenvalue weighted by Gasteiger charge is 2.53. The van der Waals surface area contributed by atoms with Gasteiger partial charge in [-0.05, 0) is 54.6 Å². The quantitative estimate of drug-likeness (QED) is 0.338. The number of carbonyl (C=O) groups excluding carboxylic acids is 3. The molecule has 1 aromatic rings. The summed E-state index contributed by atoms with van der Waals surface area (Å²) in [7, 11) is 0. The number of ketones is 1. The lowest BCUT2D eigenvalue weighted by atomic mass is 9.80.